The Kier molecular flexibility index (Phi) is 5.30. The maximum absolute atomic E-state index is 5.91. The van der Waals surface area contributed by atoms with Gasteiger partial charge in [0, 0.05) is 54.7 Å². The number of hydrogen-bond donors (Lipinski definition) is 1. The summed E-state index contributed by atoms with van der Waals surface area (Å²) in [7, 11) is 1.72. The van der Waals surface area contributed by atoms with Crippen molar-refractivity contribution in [3.8, 4) is 22.9 Å². The number of methoxy groups -OCH3 is 1. The molecule has 1 aromatic carbocycles. The molecule has 0 fully saturated rings. The van der Waals surface area contributed by atoms with Crippen LogP contribution in [0.4, 0.5) is 0 Å². The van der Waals surface area contributed by atoms with Gasteiger partial charge in [0.1, 0.15) is 5.75 Å². The van der Waals surface area contributed by atoms with Gasteiger partial charge in [-0.2, -0.15) is 5.10 Å². The van der Waals surface area contributed by atoms with Crippen molar-refractivity contribution in [3.05, 3.63) is 66.6 Å². The highest BCUT2D eigenvalue weighted by molar-refractivity contribution is 5.80. The molecule has 142 valence electrons. The molecule has 0 saturated heterocycles. The molecule has 3 heterocycles. The van der Waals surface area contributed by atoms with Crippen molar-refractivity contribution in [2.75, 3.05) is 13.7 Å². The van der Waals surface area contributed by atoms with E-state index in [2.05, 4.69) is 34.2 Å². The first kappa shape index (κ1) is 18.1. The molecular formula is C22H22N4O2. The predicted molar refractivity (Wildman–Crippen MR) is 109 cm³/mol. The summed E-state index contributed by atoms with van der Waals surface area (Å²) in [5.74, 6) is 1.63. The van der Waals surface area contributed by atoms with Crippen LogP contribution in [-0.4, -0.2) is 33.9 Å². The summed E-state index contributed by atoms with van der Waals surface area (Å²) < 4.78 is 11.1. The molecule has 6 nitrogen and oxygen atoms in total. The molecular weight excluding hydrogens is 352 g/mol. The van der Waals surface area contributed by atoms with E-state index in [9.17, 15) is 0 Å². The quantitative estimate of drug-likeness (QED) is 0.495. The van der Waals surface area contributed by atoms with Crippen LogP contribution >= 0.6 is 0 Å². The van der Waals surface area contributed by atoms with Crippen molar-refractivity contribution < 1.29 is 9.47 Å². The van der Waals surface area contributed by atoms with Crippen LogP contribution in [0.15, 0.2) is 60.9 Å². The Labute approximate surface area is 163 Å². The monoisotopic (exact) mass is 374 g/mol. The number of nitrogens with one attached hydrogen (secondary N) is 1. The summed E-state index contributed by atoms with van der Waals surface area (Å²) in [5, 5.41) is 7.91. The molecule has 0 aliphatic heterocycles. The molecule has 3 aromatic heterocycles. The maximum Gasteiger partial charge on any atom is 0.219 e. The highest BCUT2D eigenvalue weighted by Gasteiger charge is 2.09. The smallest absolute Gasteiger partial charge is 0.219 e. The maximum atomic E-state index is 5.91. The lowest BCUT2D eigenvalue weighted by Crippen LogP contribution is -2.01. The van der Waals surface area contributed by atoms with E-state index < -0.39 is 0 Å². The molecule has 4 aromatic rings. The van der Waals surface area contributed by atoms with Crippen LogP contribution in [0.25, 0.3) is 22.2 Å². The Hall–Kier alpha value is -3.25. The van der Waals surface area contributed by atoms with Gasteiger partial charge in [-0.25, -0.2) is 4.98 Å². The minimum absolute atomic E-state index is 0.359. The number of benzene rings is 1. The van der Waals surface area contributed by atoms with Crippen LogP contribution < -0.4 is 4.74 Å². The van der Waals surface area contributed by atoms with Crippen molar-refractivity contribution in [1.29, 1.82) is 0 Å². The lowest BCUT2D eigenvalue weighted by atomic mass is 10.0. The summed E-state index contributed by atoms with van der Waals surface area (Å²) in [6.07, 6.45) is 4.43. The number of ether oxygens (including phenoxy) is 2. The first-order chi connectivity index (χ1) is 13.7. The summed E-state index contributed by atoms with van der Waals surface area (Å²) in [5.41, 5.74) is 3.92. The van der Waals surface area contributed by atoms with Crippen LogP contribution in [0, 0.1) is 0 Å². The number of aromatic nitrogens is 4. The van der Waals surface area contributed by atoms with Gasteiger partial charge in [-0.1, -0.05) is 13.0 Å². The van der Waals surface area contributed by atoms with Gasteiger partial charge in [0.05, 0.1) is 11.2 Å². The minimum Gasteiger partial charge on any atom is -0.439 e. The molecule has 0 spiro atoms. The van der Waals surface area contributed by atoms with E-state index in [1.165, 1.54) is 0 Å². The largest absolute Gasteiger partial charge is 0.439 e. The van der Waals surface area contributed by atoms with E-state index in [1.807, 2.05) is 36.4 Å². The Morgan fingerprint density at radius 1 is 1.07 bits per heavy atom. The van der Waals surface area contributed by atoms with E-state index >= 15 is 0 Å². The lowest BCUT2D eigenvalue weighted by Gasteiger charge is -2.12. The van der Waals surface area contributed by atoms with Crippen LogP contribution in [0.1, 0.15) is 25.0 Å². The van der Waals surface area contributed by atoms with Gasteiger partial charge in [-0.15, -0.1) is 0 Å². The average molecular weight is 374 g/mol. The molecule has 4 rings (SSSR count). The second kappa shape index (κ2) is 8.19. The fourth-order valence-corrected chi connectivity index (χ4v) is 3.04. The molecule has 1 N–H and O–H groups in total. The minimum atomic E-state index is 0.359. The van der Waals surface area contributed by atoms with Crippen LogP contribution in [0.5, 0.6) is 11.6 Å². The summed E-state index contributed by atoms with van der Waals surface area (Å²) in [4.78, 5) is 9.16. The van der Waals surface area contributed by atoms with Gasteiger partial charge in [-0.05, 0) is 42.8 Å². The van der Waals surface area contributed by atoms with Crippen molar-refractivity contribution in [2.45, 2.75) is 19.3 Å². The van der Waals surface area contributed by atoms with Gasteiger partial charge in [0.25, 0.3) is 0 Å². The highest BCUT2D eigenvalue weighted by Crippen LogP contribution is 2.27. The summed E-state index contributed by atoms with van der Waals surface area (Å²) in [6, 6.07) is 15.7. The molecule has 1 unspecified atom stereocenters. The second-order valence-corrected chi connectivity index (χ2v) is 6.73. The molecule has 1 atom stereocenters. The normalized spacial score (nSPS) is 12.2. The van der Waals surface area contributed by atoms with Gasteiger partial charge >= 0.3 is 0 Å². The second-order valence-electron chi connectivity index (χ2n) is 6.73. The molecule has 0 saturated carbocycles. The number of hydrogen-bond acceptors (Lipinski definition) is 5. The molecule has 0 radical (unpaired) electrons. The fourth-order valence-electron chi connectivity index (χ4n) is 3.04. The molecule has 6 heteroatoms. The van der Waals surface area contributed by atoms with Crippen molar-refractivity contribution in [3.63, 3.8) is 0 Å². The van der Waals surface area contributed by atoms with Crippen LogP contribution in [0.3, 0.4) is 0 Å². The number of rotatable bonds is 7. The number of aromatic amines is 1. The van der Waals surface area contributed by atoms with Crippen molar-refractivity contribution in [1.82, 2.24) is 20.2 Å². The zero-order valence-electron chi connectivity index (χ0n) is 15.9. The summed E-state index contributed by atoms with van der Waals surface area (Å²) >= 11 is 0. The standard InChI is InChI=1S/C22H22N4O2/c1-15(10-12-27-2)19-6-3-16-13-18(5-7-20(16)25-19)28-22-8-4-17(14-23-22)21-9-11-24-26-21/h3-9,11,13-15H,10,12H2,1-2H3,(H,24,26). The Morgan fingerprint density at radius 2 is 2.00 bits per heavy atom. The first-order valence-corrected chi connectivity index (χ1v) is 9.26. The SMILES string of the molecule is COCCC(C)c1ccc2cc(Oc3ccc(-c4ccn[nH]4)cn3)ccc2n1. The van der Waals surface area contributed by atoms with E-state index in [0.29, 0.717) is 11.8 Å². The Balaban J connectivity index is 1.50. The third kappa shape index (κ3) is 4.02. The summed E-state index contributed by atoms with van der Waals surface area (Å²) in [6.45, 7) is 2.91. The molecule has 0 bridgehead atoms. The third-order valence-electron chi connectivity index (χ3n) is 4.71. The third-order valence-corrected chi connectivity index (χ3v) is 4.71. The Morgan fingerprint density at radius 3 is 2.75 bits per heavy atom. The predicted octanol–water partition coefficient (Wildman–Crippen LogP) is 4.95. The number of nitrogens with zero attached hydrogens (tertiary/aromatic N) is 3. The zero-order valence-corrected chi connectivity index (χ0v) is 15.9. The molecule has 0 amide bonds. The number of fused-ring (bicyclic) bond motifs is 1. The van der Waals surface area contributed by atoms with Gasteiger partial charge in [0.15, 0.2) is 0 Å². The molecule has 28 heavy (non-hydrogen) atoms. The Bertz CT molecular complexity index is 1050. The van der Waals surface area contributed by atoms with Crippen LogP contribution in [-0.2, 0) is 4.74 Å². The van der Waals surface area contributed by atoms with E-state index in [0.717, 1.165) is 46.6 Å². The molecule has 0 aliphatic carbocycles. The van der Waals surface area contributed by atoms with Crippen molar-refractivity contribution in [2.24, 2.45) is 0 Å². The average Bonchev–Trinajstić information content (AvgIpc) is 3.27. The fraction of sp³-hybridized carbons (Fsp3) is 0.227. The van der Waals surface area contributed by atoms with Gasteiger partial charge in [-0.3, -0.25) is 10.1 Å². The number of pyridine rings is 2. The zero-order chi connectivity index (χ0) is 19.3. The van der Waals surface area contributed by atoms with E-state index in [1.54, 1.807) is 19.5 Å². The van der Waals surface area contributed by atoms with E-state index in [4.69, 9.17) is 14.5 Å². The lowest BCUT2D eigenvalue weighted by molar-refractivity contribution is 0.189. The topological polar surface area (TPSA) is 72.9 Å². The van der Waals surface area contributed by atoms with Crippen molar-refractivity contribution >= 4 is 10.9 Å². The number of H-pyrrole nitrogens is 1. The van der Waals surface area contributed by atoms with E-state index in [-0.39, 0.29) is 0 Å². The molecule has 0 aliphatic rings. The van der Waals surface area contributed by atoms with Gasteiger partial charge in [0.2, 0.25) is 5.88 Å². The first-order valence-electron chi connectivity index (χ1n) is 9.26. The highest BCUT2D eigenvalue weighted by atomic mass is 16.5. The van der Waals surface area contributed by atoms with Crippen LogP contribution in [0.2, 0.25) is 0 Å². The van der Waals surface area contributed by atoms with Gasteiger partial charge < -0.3 is 9.47 Å².